The Morgan fingerprint density at radius 2 is 2.33 bits per heavy atom. The molecule has 1 fully saturated rings. The van der Waals surface area contributed by atoms with E-state index in [9.17, 15) is 4.79 Å². The van der Waals surface area contributed by atoms with E-state index >= 15 is 0 Å². The van der Waals surface area contributed by atoms with E-state index in [0.29, 0.717) is 12.3 Å². The van der Waals surface area contributed by atoms with E-state index in [0.717, 1.165) is 0 Å². The number of rotatable bonds is 4. The highest BCUT2D eigenvalue weighted by Crippen LogP contribution is 2.29. The third-order valence-electron chi connectivity index (χ3n) is 2.38. The lowest BCUT2D eigenvalue weighted by atomic mass is 9.83. The molecule has 1 atom stereocenters. The lowest BCUT2D eigenvalue weighted by Crippen LogP contribution is -2.36. The van der Waals surface area contributed by atoms with Crippen molar-refractivity contribution in [3.8, 4) is 0 Å². The Balaban J connectivity index is 2.10. The predicted molar refractivity (Wildman–Crippen MR) is 46.6 cm³/mol. The molecule has 0 aromatic rings. The first-order chi connectivity index (χ1) is 5.72. The molecule has 3 nitrogen and oxygen atoms in total. The van der Waals surface area contributed by atoms with E-state index in [1.54, 1.807) is 6.92 Å². The lowest BCUT2D eigenvalue weighted by molar-refractivity contribution is -0.123. The normalized spacial score (nSPS) is 19.8. The molecule has 0 bridgehead atoms. The maximum atomic E-state index is 11.2. The van der Waals surface area contributed by atoms with Crippen LogP contribution in [-0.2, 0) is 4.79 Å². The van der Waals surface area contributed by atoms with Crippen molar-refractivity contribution in [2.45, 2.75) is 38.6 Å². The molecule has 0 unspecified atom stereocenters. The van der Waals surface area contributed by atoms with Gasteiger partial charge < -0.3 is 10.4 Å². The van der Waals surface area contributed by atoms with E-state index < -0.39 is 0 Å². The van der Waals surface area contributed by atoms with Crippen LogP contribution in [0.2, 0.25) is 0 Å². The van der Waals surface area contributed by atoms with Crippen molar-refractivity contribution in [2.75, 3.05) is 6.61 Å². The number of nitrogens with one attached hydrogen (secondary N) is 1. The van der Waals surface area contributed by atoms with Crippen LogP contribution in [0.4, 0.5) is 0 Å². The van der Waals surface area contributed by atoms with Gasteiger partial charge in [-0.25, -0.2) is 0 Å². The van der Waals surface area contributed by atoms with Gasteiger partial charge in [0, 0.05) is 12.5 Å². The molecule has 0 saturated heterocycles. The van der Waals surface area contributed by atoms with Gasteiger partial charge in [0.05, 0.1) is 6.61 Å². The van der Waals surface area contributed by atoms with E-state index in [4.69, 9.17) is 5.11 Å². The van der Waals surface area contributed by atoms with E-state index in [-0.39, 0.29) is 18.6 Å². The van der Waals surface area contributed by atoms with Crippen LogP contribution in [0.15, 0.2) is 0 Å². The van der Waals surface area contributed by atoms with E-state index in [1.807, 2.05) is 0 Å². The van der Waals surface area contributed by atoms with Crippen molar-refractivity contribution < 1.29 is 9.90 Å². The zero-order chi connectivity index (χ0) is 8.97. The van der Waals surface area contributed by atoms with Gasteiger partial charge in [0.1, 0.15) is 0 Å². The molecule has 2 N–H and O–H groups in total. The summed E-state index contributed by atoms with van der Waals surface area (Å²) in [6.07, 6.45) is 4.31. The molecular weight excluding hydrogens is 154 g/mol. The molecule has 1 rings (SSSR count). The summed E-state index contributed by atoms with van der Waals surface area (Å²) >= 11 is 0. The van der Waals surface area contributed by atoms with Gasteiger partial charge >= 0.3 is 0 Å². The van der Waals surface area contributed by atoms with Gasteiger partial charge in [0.15, 0.2) is 0 Å². The first-order valence-corrected chi connectivity index (χ1v) is 4.62. The van der Waals surface area contributed by atoms with Gasteiger partial charge in [0.25, 0.3) is 0 Å². The molecule has 1 aliphatic carbocycles. The van der Waals surface area contributed by atoms with Crippen LogP contribution in [0.25, 0.3) is 0 Å². The second-order valence-corrected chi connectivity index (χ2v) is 3.65. The zero-order valence-electron chi connectivity index (χ0n) is 7.55. The highest BCUT2D eigenvalue weighted by molar-refractivity contribution is 5.76. The number of carbonyl (C=O) groups is 1. The number of hydrogen-bond donors (Lipinski definition) is 2. The van der Waals surface area contributed by atoms with Gasteiger partial charge in [0.2, 0.25) is 5.91 Å². The second-order valence-electron chi connectivity index (χ2n) is 3.65. The largest absolute Gasteiger partial charge is 0.394 e. The summed E-state index contributed by atoms with van der Waals surface area (Å²) in [4.78, 5) is 11.2. The summed E-state index contributed by atoms with van der Waals surface area (Å²) in [6.45, 7) is 1.83. The van der Waals surface area contributed by atoms with E-state index in [2.05, 4.69) is 5.32 Å². The van der Waals surface area contributed by atoms with Crippen LogP contribution >= 0.6 is 0 Å². The van der Waals surface area contributed by atoms with Gasteiger partial charge in [-0.1, -0.05) is 6.42 Å². The molecule has 0 spiro atoms. The molecule has 1 amide bonds. The molecule has 0 aromatic heterocycles. The lowest BCUT2D eigenvalue weighted by Gasteiger charge is -2.25. The minimum Gasteiger partial charge on any atom is -0.394 e. The number of hydrogen-bond acceptors (Lipinski definition) is 2. The molecule has 0 radical (unpaired) electrons. The van der Waals surface area contributed by atoms with Gasteiger partial charge in [-0.3, -0.25) is 4.79 Å². The zero-order valence-corrected chi connectivity index (χ0v) is 7.55. The summed E-state index contributed by atoms with van der Waals surface area (Å²) in [7, 11) is 0. The van der Waals surface area contributed by atoms with Crippen molar-refractivity contribution in [1.29, 1.82) is 0 Å². The summed E-state index contributed by atoms with van der Waals surface area (Å²) in [5, 5.41) is 11.4. The molecule has 1 aliphatic rings. The first-order valence-electron chi connectivity index (χ1n) is 4.62. The van der Waals surface area contributed by atoms with E-state index in [1.165, 1.54) is 19.3 Å². The summed E-state index contributed by atoms with van der Waals surface area (Å²) in [6, 6.07) is -0.0995. The maximum absolute atomic E-state index is 11.2. The molecule has 0 aromatic carbocycles. The topological polar surface area (TPSA) is 49.3 Å². The smallest absolute Gasteiger partial charge is 0.220 e. The molecule has 0 aliphatic heterocycles. The minimum absolute atomic E-state index is 0.0242. The second kappa shape index (κ2) is 4.45. The third-order valence-corrected chi connectivity index (χ3v) is 2.38. The fourth-order valence-electron chi connectivity index (χ4n) is 1.34. The number of aliphatic hydroxyl groups is 1. The quantitative estimate of drug-likeness (QED) is 0.653. The molecule has 1 saturated carbocycles. The fraction of sp³-hybridized carbons (Fsp3) is 0.889. The molecule has 0 heterocycles. The van der Waals surface area contributed by atoms with Gasteiger partial charge in [-0.15, -0.1) is 0 Å². The van der Waals surface area contributed by atoms with Crippen molar-refractivity contribution in [1.82, 2.24) is 5.32 Å². The molecule has 3 heteroatoms. The SMILES string of the molecule is C[C@H](CO)NC(=O)CC1CCC1. The van der Waals surface area contributed by atoms with Crippen LogP contribution in [0.5, 0.6) is 0 Å². The number of carbonyl (C=O) groups excluding carboxylic acids is 1. The number of aliphatic hydroxyl groups excluding tert-OH is 1. The van der Waals surface area contributed by atoms with Crippen LogP contribution < -0.4 is 5.32 Å². The predicted octanol–water partition coefficient (Wildman–Crippen LogP) is 0.674. The van der Waals surface area contributed by atoms with Crippen LogP contribution in [-0.4, -0.2) is 23.7 Å². The van der Waals surface area contributed by atoms with Crippen molar-refractivity contribution in [3.05, 3.63) is 0 Å². The fourth-order valence-corrected chi connectivity index (χ4v) is 1.34. The molecule has 12 heavy (non-hydrogen) atoms. The highest BCUT2D eigenvalue weighted by atomic mass is 16.3. The first kappa shape index (κ1) is 9.52. The average molecular weight is 171 g/mol. The Kier molecular flexibility index (Phi) is 3.53. The molecule has 70 valence electrons. The Hall–Kier alpha value is -0.570. The Morgan fingerprint density at radius 3 is 2.75 bits per heavy atom. The van der Waals surface area contributed by atoms with Crippen molar-refractivity contribution in [3.63, 3.8) is 0 Å². The summed E-state index contributed by atoms with van der Waals surface area (Å²) < 4.78 is 0. The number of amides is 1. The third kappa shape index (κ3) is 2.81. The summed E-state index contributed by atoms with van der Waals surface area (Å²) in [5.74, 6) is 0.692. The van der Waals surface area contributed by atoms with Crippen molar-refractivity contribution in [2.24, 2.45) is 5.92 Å². The monoisotopic (exact) mass is 171 g/mol. The Labute approximate surface area is 73.2 Å². The Bertz CT molecular complexity index is 146. The molecular formula is C9H17NO2. The highest BCUT2D eigenvalue weighted by Gasteiger charge is 2.20. The summed E-state index contributed by atoms with van der Waals surface area (Å²) in [5.41, 5.74) is 0. The standard InChI is InChI=1S/C9H17NO2/c1-7(6-11)10-9(12)5-8-3-2-4-8/h7-8,11H,2-6H2,1H3,(H,10,12)/t7-/m1/s1. The minimum atomic E-state index is -0.0995. The van der Waals surface area contributed by atoms with Gasteiger partial charge in [-0.2, -0.15) is 0 Å². The van der Waals surface area contributed by atoms with Crippen molar-refractivity contribution >= 4 is 5.91 Å². The Morgan fingerprint density at radius 1 is 1.67 bits per heavy atom. The van der Waals surface area contributed by atoms with Crippen LogP contribution in [0, 0.1) is 5.92 Å². The van der Waals surface area contributed by atoms with Gasteiger partial charge in [-0.05, 0) is 25.7 Å². The average Bonchev–Trinajstić information content (AvgIpc) is 1.97. The van der Waals surface area contributed by atoms with Crippen LogP contribution in [0.3, 0.4) is 0 Å². The van der Waals surface area contributed by atoms with Crippen LogP contribution in [0.1, 0.15) is 32.6 Å². The maximum Gasteiger partial charge on any atom is 0.220 e.